The molecule has 2 rings (SSSR count). The van der Waals surface area contributed by atoms with Crippen LogP contribution in [0.15, 0.2) is 11.1 Å². The molecule has 3 N–H and O–H groups in total. The Bertz CT molecular complexity index is 489. The molecule has 106 valence electrons. The highest BCUT2D eigenvalue weighted by Crippen LogP contribution is 2.35. The highest BCUT2D eigenvalue weighted by molar-refractivity contribution is 5.60. The summed E-state index contributed by atoms with van der Waals surface area (Å²) in [6.45, 7) is 8.74. The summed E-state index contributed by atoms with van der Waals surface area (Å²) in [5.74, 6) is 1.35. The molecule has 1 saturated heterocycles. The van der Waals surface area contributed by atoms with Crippen LogP contribution in [-0.4, -0.2) is 23.1 Å². The number of hydrogen-bond donors (Lipinski definition) is 2. The van der Waals surface area contributed by atoms with Gasteiger partial charge >= 0.3 is 0 Å². The number of nitrogens with two attached hydrogens (primary N) is 1. The first-order chi connectivity index (χ1) is 8.89. The van der Waals surface area contributed by atoms with Gasteiger partial charge in [-0.3, -0.25) is 4.79 Å². The van der Waals surface area contributed by atoms with Gasteiger partial charge in [0.25, 0.3) is 5.56 Å². The van der Waals surface area contributed by atoms with Gasteiger partial charge in [-0.25, -0.2) is 4.98 Å². The van der Waals surface area contributed by atoms with Gasteiger partial charge in [0.2, 0.25) is 0 Å². The third-order valence-electron chi connectivity index (χ3n) is 4.12. The van der Waals surface area contributed by atoms with Crippen LogP contribution in [0, 0.1) is 11.3 Å². The summed E-state index contributed by atoms with van der Waals surface area (Å²) in [4.78, 5) is 20.4. The van der Waals surface area contributed by atoms with Gasteiger partial charge in [-0.15, -0.1) is 0 Å². The topological polar surface area (TPSA) is 75.0 Å². The van der Waals surface area contributed by atoms with E-state index in [-0.39, 0.29) is 11.2 Å². The first kappa shape index (κ1) is 13.9. The van der Waals surface area contributed by atoms with E-state index in [1.807, 2.05) is 0 Å². The van der Waals surface area contributed by atoms with Gasteiger partial charge in [-0.2, -0.15) is 0 Å². The smallest absolute Gasteiger partial charge is 0.276 e. The quantitative estimate of drug-likeness (QED) is 0.813. The third kappa shape index (κ3) is 3.08. The van der Waals surface area contributed by atoms with Crippen LogP contribution in [0.25, 0.3) is 0 Å². The Morgan fingerprint density at radius 3 is 2.79 bits per heavy atom. The van der Waals surface area contributed by atoms with E-state index >= 15 is 0 Å². The second-order valence-corrected chi connectivity index (χ2v) is 6.45. The summed E-state index contributed by atoms with van der Waals surface area (Å²) in [5, 5.41) is 0. The number of nitrogens with one attached hydrogen (secondary N) is 1. The van der Waals surface area contributed by atoms with Crippen LogP contribution in [0.3, 0.4) is 0 Å². The van der Waals surface area contributed by atoms with Crippen LogP contribution in [0.2, 0.25) is 0 Å². The van der Waals surface area contributed by atoms with Crippen molar-refractivity contribution in [3.8, 4) is 0 Å². The second-order valence-electron chi connectivity index (χ2n) is 6.45. The van der Waals surface area contributed by atoms with E-state index in [4.69, 9.17) is 5.73 Å². The highest BCUT2D eigenvalue weighted by Gasteiger charge is 2.28. The molecule has 1 atom stereocenters. The van der Waals surface area contributed by atoms with Crippen LogP contribution in [0.5, 0.6) is 0 Å². The average Bonchev–Trinajstić information content (AvgIpc) is 2.57. The van der Waals surface area contributed by atoms with Crippen LogP contribution in [0.4, 0.5) is 11.5 Å². The minimum absolute atomic E-state index is 0.233. The van der Waals surface area contributed by atoms with Crippen molar-refractivity contribution in [1.82, 2.24) is 9.97 Å². The molecule has 0 bridgehead atoms. The molecule has 0 aromatic carbocycles. The van der Waals surface area contributed by atoms with Gasteiger partial charge in [0.1, 0.15) is 5.69 Å². The van der Waals surface area contributed by atoms with Gasteiger partial charge in [0, 0.05) is 13.1 Å². The van der Waals surface area contributed by atoms with E-state index in [9.17, 15) is 4.79 Å². The maximum atomic E-state index is 11.5. The summed E-state index contributed by atoms with van der Waals surface area (Å²) in [7, 11) is 0. The van der Waals surface area contributed by atoms with Crippen LogP contribution in [0.1, 0.15) is 40.0 Å². The molecule has 0 radical (unpaired) electrons. The first-order valence-corrected chi connectivity index (χ1v) is 6.97. The van der Waals surface area contributed by atoms with Crippen molar-refractivity contribution in [3.05, 3.63) is 16.7 Å². The average molecular weight is 264 g/mol. The Morgan fingerprint density at radius 1 is 1.37 bits per heavy atom. The van der Waals surface area contributed by atoms with E-state index < -0.39 is 0 Å². The number of rotatable bonds is 1. The fourth-order valence-electron chi connectivity index (χ4n) is 2.83. The third-order valence-corrected chi connectivity index (χ3v) is 4.12. The largest absolute Gasteiger partial charge is 0.391 e. The number of nitrogens with zero attached hydrogens (tertiary/aromatic N) is 2. The van der Waals surface area contributed by atoms with E-state index in [0.717, 1.165) is 25.9 Å². The predicted molar refractivity (Wildman–Crippen MR) is 78.3 cm³/mol. The molecule has 2 heterocycles. The lowest BCUT2D eigenvalue weighted by atomic mass is 9.77. The van der Waals surface area contributed by atoms with Crippen LogP contribution >= 0.6 is 0 Å². The summed E-state index contributed by atoms with van der Waals surface area (Å²) < 4.78 is 0. The van der Waals surface area contributed by atoms with E-state index in [1.54, 1.807) is 0 Å². The molecule has 1 aromatic rings. The van der Waals surface area contributed by atoms with Gasteiger partial charge in [-0.1, -0.05) is 20.8 Å². The second kappa shape index (κ2) is 5.23. The standard InChI is InChI=1S/C14H24N4O/c1-14(2,3)10-5-4-7-18(8-6-10)12-11(15)13(19)17-9-16-12/h9-10H,4-8,15H2,1-3H3,(H,16,17,19). The van der Waals surface area contributed by atoms with Gasteiger partial charge in [0.15, 0.2) is 5.82 Å². The summed E-state index contributed by atoms with van der Waals surface area (Å²) >= 11 is 0. The number of H-pyrrole nitrogens is 1. The molecule has 5 nitrogen and oxygen atoms in total. The number of nitrogen functional groups attached to an aromatic ring is 1. The molecule has 0 spiro atoms. The van der Waals surface area contributed by atoms with E-state index in [2.05, 4.69) is 35.6 Å². The van der Waals surface area contributed by atoms with Crippen LogP contribution in [-0.2, 0) is 0 Å². The normalized spacial score (nSPS) is 21.2. The van der Waals surface area contributed by atoms with Crippen molar-refractivity contribution < 1.29 is 0 Å². The molecular weight excluding hydrogens is 240 g/mol. The summed E-state index contributed by atoms with van der Waals surface area (Å²) in [6.07, 6.45) is 4.90. The molecule has 1 unspecified atom stereocenters. The molecule has 0 aliphatic carbocycles. The zero-order valence-corrected chi connectivity index (χ0v) is 12.1. The zero-order valence-electron chi connectivity index (χ0n) is 12.1. The Morgan fingerprint density at radius 2 is 2.11 bits per heavy atom. The Hall–Kier alpha value is -1.52. The molecule has 1 aliphatic heterocycles. The van der Waals surface area contributed by atoms with Crippen molar-refractivity contribution in [3.63, 3.8) is 0 Å². The summed E-state index contributed by atoms with van der Waals surface area (Å²) in [5.41, 5.74) is 6.16. The fraction of sp³-hybridized carbons (Fsp3) is 0.714. The maximum absolute atomic E-state index is 11.5. The van der Waals surface area contributed by atoms with Gasteiger partial charge in [0.05, 0.1) is 6.33 Å². The first-order valence-electron chi connectivity index (χ1n) is 6.97. The SMILES string of the molecule is CC(C)(C)C1CCCN(c2nc[nH]c(=O)c2N)CC1. The summed E-state index contributed by atoms with van der Waals surface area (Å²) in [6, 6.07) is 0. The molecular formula is C14H24N4O. The highest BCUT2D eigenvalue weighted by atomic mass is 16.1. The molecule has 1 fully saturated rings. The van der Waals surface area contributed by atoms with Crippen molar-refractivity contribution in [2.24, 2.45) is 11.3 Å². The Kier molecular flexibility index (Phi) is 3.83. The lowest BCUT2D eigenvalue weighted by Crippen LogP contribution is -2.29. The van der Waals surface area contributed by atoms with Crippen molar-refractivity contribution in [1.29, 1.82) is 0 Å². The van der Waals surface area contributed by atoms with E-state index in [1.165, 1.54) is 12.7 Å². The monoisotopic (exact) mass is 264 g/mol. The minimum Gasteiger partial charge on any atom is -0.391 e. The number of hydrogen-bond acceptors (Lipinski definition) is 4. The fourth-order valence-corrected chi connectivity index (χ4v) is 2.83. The number of aromatic nitrogens is 2. The van der Waals surface area contributed by atoms with Gasteiger partial charge < -0.3 is 15.6 Å². The maximum Gasteiger partial charge on any atom is 0.276 e. The lowest BCUT2D eigenvalue weighted by molar-refractivity contribution is 0.220. The predicted octanol–water partition coefficient (Wildman–Crippen LogP) is 2.00. The van der Waals surface area contributed by atoms with Crippen molar-refractivity contribution >= 4 is 11.5 Å². The Balaban J connectivity index is 2.16. The molecule has 1 aliphatic rings. The lowest BCUT2D eigenvalue weighted by Gasteiger charge is -2.30. The van der Waals surface area contributed by atoms with Crippen LogP contribution < -0.4 is 16.2 Å². The number of aromatic amines is 1. The molecule has 1 aromatic heterocycles. The van der Waals surface area contributed by atoms with Gasteiger partial charge in [-0.05, 0) is 30.6 Å². The Labute approximate surface area is 114 Å². The molecule has 0 saturated carbocycles. The zero-order chi connectivity index (χ0) is 14.0. The van der Waals surface area contributed by atoms with Crippen molar-refractivity contribution in [2.75, 3.05) is 23.7 Å². The molecule has 19 heavy (non-hydrogen) atoms. The molecule has 0 amide bonds. The van der Waals surface area contributed by atoms with E-state index in [0.29, 0.717) is 17.2 Å². The van der Waals surface area contributed by atoms with Crippen molar-refractivity contribution in [2.45, 2.75) is 40.0 Å². The molecule has 5 heteroatoms. The minimum atomic E-state index is -0.249. The number of anilines is 2.